The van der Waals surface area contributed by atoms with E-state index in [9.17, 15) is 4.79 Å². The Morgan fingerprint density at radius 2 is 2.04 bits per heavy atom. The highest BCUT2D eigenvalue weighted by Crippen LogP contribution is 2.27. The number of amides is 1. The molecule has 1 aromatic carbocycles. The van der Waals surface area contributed by atoms with E-state index < -0.39 is 6.10 Å². The Balaban J connectivity index is 1.64. The van der Waals surface area contributed by atoms with Crippen LogP contribution in [0.4, 0.5) is 0 Å². The fourth-order valence-corrected chi connectivity index (χ4v) is 2.99. The van der Waals surface area contributed by atoms with Gasteiger partial charge in [-0.2, -0.15) is 0 Å². The maximum atomic E-state index is 12.6. The fraction of sp³-hybridized carbons (Fsp3) is 0.333. The zero-order valence-electron chi connectivity index (χ0n) is 13.1. The molecule has 0 saturated carbocycles. The number of ether oxygens (including phenoxy) is 1. The first kappa shape index (κ1) is 15.5. The van der Waals surface area contributed by atoms with Crippen molar-refractivity contribution in [2.24, 2.45) is 5.73 Å². The van der Waals surface area contributed by atoms with Crippen LogP contribution in [-0.4, -0.2) is 41.0 Å². The molecule has 1 unspecified atom stereocenters. The molecule has 0 bridgehead atoms. The van der Waals surface area contributed by atoms with Crippen LogP contribution in [-0.2, 0) is 4.79 Å². The van der Waals surface area contributed by atoms with Gasteiger partial charge in [-0.3, -0.25) is 9.78 Å². The number of nitrogens with two attached hydrogens (primary N) is 1. The molecule has 2 N–H and O–H groups in total. The maximum Gasteiger partial charge on any atom is 0.263 e. The number of benzene rings is 1. The van der Waals surface area contributed by atoms with Crippen molar-refractivity contribution in [3.63, 3.8) is 0 Å². The molecule has 1 amide bonds. The number of nitrogens with zero attached hydrogens (tertiary/aromatic N) is 2. The van der Waals surface area contributed by atoms with Gasteiger partial charge >= 0.3 is 0 Å². The summed E-state index contributed by atoms with van der Waals surface area (Å²) in [5, 5.41) is 0. The molecule has 3 rings (SSSR count). The van der Waals surface area contributed by atoms with Crippen LogP contribution in [0.1, 0.15) is 18.4 Å². The second-order valence-corrected chi connectivity index (χ2v) is 5.87. The van der Waals surface area contributed by atoms with Gasteiger partial charge in [-0.05, 0) is 24.6 Å². The van der Waals surface area contributed by atoms with Gasteiger partial charge in [-0.25, -0.2) is 0 Å². The minimum absolute atomic E-state index is 0.0391. The van der Waals surface area contributed by atoms with E-state index >= 15 is 0 Å². The molecule has 1 fully saturated rings. The lowest BCUT2D eigenvalue weighted by molar-refractivity contribution is -0.136. The van der Waals surface area contributed by atoms with Crippen molar-refractivity contribution in [1.29, 1.82) is 0 Å². The average Bonchev–Trinajstić information content (AvgIpc) is 2.97. The van der Waals surface area contributed by atoms with E-state index in [1.54, 1.807) is 36.4 Å². The Bertz CT molecular complexity index is 648. The Morgan fingerprint density at radius 3 is 2.74 bits per heavy atom. The van der Waals surface area contributed by atoms with E-state index in [4.69, 9.17) is 10.5 Å². The third kappa shape index (κ3) is 3.51. The summed E-state index contributed by atoms with van der Waals surface area (Å²) in [7, 11) is 0. The zero-order chi connectivity index (χ0) is 16.2. The van der Waals surface area contributed by atoms with Crippen molar-refractivity contribution in [1.82, 2.24) is 9.88 Å². The second-order valence-electron chi connectivity index (χ2n) is 5.87. The first-order valence-corrected chi connectivity index (χ1v) is 7.81. The molecule has 1 aliphatic rings. The number of hydrogen-bond donors (Lipinski definition) is 1. The summed E-state index contributed by atoms with van der Waals surface area (Å²) < 4.78 is 5.67. The van der Waals surface area contributed by atoms with Gasteiger partial charge in [-0.1, -0.05) is 30.3 Å². The average molecular weight is 311 g/mol. The Kier molecular flexibility index (Phi) is 4.57. The van der Waals surface area contributed by atoms with E-state index in [0.29, 0.717) is 18.8 Å². The van der Waals surface area contributed by atoms with Crippen molar-refractivity contribution in [3.8, 4) is 5.75 Å². The fourth-order valence-electron chi connectivity index (χ4n) is 2.99. The molecule has 5 heteroatoms. The summed E-state index contributed by atoms with van der Waals surface area (Å²) in [6.07, 6.45) is 2.72. The third-order valence-electron chi connectivity index (χ3n) is 4.20. The van der Waals surface area contributed by atoms with Crippen LogP contribution in [0.25, 0.3) is 0 Å². The minimum atomic E-state index is -0.555. The predicted octanol–water partition coefficient (Wildman–Crippen LogP) is 1.80. The zero-order valence-corrected chi connectivity index (χ0v) is 13.1. The third-order valence-corrected chi connectivity index (χ3v) is 4.20. The summed E-state index contributed by atoms with van der Waals surface area (Å²) in [6.45, 7) is 2.95. The maximum absolute atomic E-state index is 12.6. The number of likely N-dealkylation sites (tertiary alicyclic amines) is 1. The molecule has 0 radical (unpaired) electrons. The highest BCUT2D eigenvalue weighted by Gasteiger charge is 2.35. The van der Waals surface area contributed by atoms with Gasteiger partial charge in [0, 0.05) is 31.2 Å². The van der Waals surface area contributed by atoms with Gasteiger partial charge in [0.1, 0.15) is 5.75 Å². The van der Waals surface area contributed by atoms with E-state index in [1.165, 1.54) is 5.56 Å². The molecule has 1 aliphatic heterocycles. The lowest BCUT2D eigenvalue weighted by Gasteiger charge is -2.21. The molecule has 1 saturated heterocycles. The molecule has 5 nitrogen and oxygen atoms in total. The van der Waals surface area contributed by atoms with Crippen LogP contribution in [0.3, 0.4) is 0 Å². The number of carbonyl (C=O) groups excluding carboxylic acids is 1. The van der Waals surface area contributed by atoms with E-state index in [0.717, 1.165) is 0 Å². The molecule has 2 heterocycles. The topological polar surface area (TPSA) is 68.5 Å². The number of rotatable bonds is 4. The molecular weight excluding hydrogens is 290 g/mol. The van der Waals surface area contributed by atoms with Crippen molar-refractivity contribution >= 4 is 5.91 Å². The minimum Gasteiger partial charge on any atom is -0.479 e. The van der Waals surface area contributed by atoms with E-state index in [1.807, 2.05) is 18.2 Å². The molecule has 2 aromatic rings. The first-order valence-electron chi connectivity index (χ1n) is 7.81. The molecular formula is C18H21N3O2. The molecule has 3 atom stereocenters. The van der Waals surface area contributed by atoms with Crippen LogP contribution in [0.5, 0.6) is 5.75 Å². The summed E-state index contributed by atoms with van der Waals surface area (Å²) in [5.74, 6) is 0.727. The Morgan fingerprint density at radius 1 is 1.26 bits per heavy atom. The monoisotopic (exact) mass is 311 g/mol. The standard InChI is InChI=1S/C18H21N3O2/c1-13(23-15-8-5-9-20-10-15)18(22)21-11-16(17(19)12-21)14-6-3-2-4-7-14/h2-10,13,16-17H,11-12,19H2,1H3/t13?,16-,17+/m0/s1. The summed E-state index contributed by atoms with van der Waals surface area (Å²) in [5.41, 5.74) is 7.42. The lowest BCUT2D eigenvalue weighted by Crippen LogP contribution is -2.40. The lowest BCUT2D eigenvalue weighted by atomic mass is 9.95. The first-order chi connectivity index (χ1) is 11.1. The normalized spacial score (nSPS) is 21.9. The van der Waals surface area contributed by atoms with Crippen molar-refractivity contribution in [2.75, 3.05) is 13.1 Å². The molecule has 0 aliphatic carbocycles. The van der Waals surface area contributed by atoms with E-state index in [-0.39, 0.29) is 17.9 Å². The highest BCUT2D eigenvalue weighted by molar-refractivity contribution is 5.81. The van der Waals surface area contributed by atoms with Crippen LogP contribution in [0.2, 0.25) is 0 Å². The molecule has 0 spiro atoms. The Hall–Kier alpha value is -2.40. The highest BCUT2D eigenvalue weighted by atomic mass is 16.5. The van der Waals surface area contributed by atoms with Crippen LogP contribution in [0, 0.1) is 0 Å². The summed E-state index contributed by atoms with van der Waals surface area (Å²) >= 11 is 0. The molecule has 1 aromatic heterocycles. The SMILES string of the molecule is CC(Oc1cccnc1)C(=O)N1C[C@@H](N)[C@H](c2ccccc2)C1. The second kappa shape index (κ2) is 6.79. The van der Waals surface area contributed by atoms with Gasteiger partial charge in [0.25, 0.3) is 5.91 Å². The van der Waals surface area contributed by atoms with Crippen LogP contribution >= 0.6 is 0 Å². The van der Waals surface area contributed by atoms with Gasteiger partial charge in [-0.15, -0.1) is 0 Å². The molecule has 120 valence electrons. The number of carbonyl (C=O) groups is 1. The number of hydrogen-bond acceptors (Lipinski definition) is 4. The van der Waals surface area contributed by atoms with Gasteiger partial charge in [0.2, 0.25) is 0 Å². The van der Waals surface area contributed by atoms with E-state index in [2.05, 4.69) is 17.1 Å². The van der Waals surface area contributed by atoms with Crippen LogP contribution < -0.4 is 10.5 Å². The van der Waals surface area contributed by atoms with Crippen molar-refractivity contribution in [3.05, 3.63) is 60.4 Å². The number of aromatic nitrogens is 1. The summed E-state index contributed by atoms with van der Waals surface area (Å²) in [4.78, 5) is 18.4. The van der Waals surface area contributed by atoms with Gasteiger partial charge in [0.05, 0.1) is 6.20 Å². The molecule has 23 heavy (non-hydrogen) atoms. The Labute approximate surface area is 136 Å². The van der Waals surface area contributed by atoms with Crippen molar-refractivity contribution in [2.45, 2.75) is 25.0 Å². The van der Waals surface area contributed by atoms with Crippen LogP contribution in [0.15, 0.2) is 54.9 Å². The largest absolute Gasteiger partial charge is 0.479 e. The summed E-state index contributed by atoms with van der Waals surface area (Å²) in [6, 6.07) is 13.6. The van der Waals surface area contributed by atoms with Gasteiger partial charge < -0.3 is 15.4 Å². The number of pyridine rings is 1. The predicted molar refractivity (Wildman–Crippen MR) is 88.1 cm³/mol. The van der Waals surface area contributed by atoms with Gasteiger partial charge in [0.15, 0.2) is 6.10 Å². The smallest absolute Gasteiger partial charge is 0.263 e. The van der Waals surface area contributed by atoms with Crippen molar-refractivity contribution < 1.29 is 9.53 Å². The quantitative estimate of drug-likeness (QED) is 0.935.